The number of aromatic amines is 1. The predicted molar refractivity (Wildman–Crippen MR) is 68.4 cm³/mol. The molecule has 0 fully saturated rings. The quantitative estimate of drug-likeness (QED) is 0.783. The third-order valence-corrected chi connectivity index (χ3v) is 4.08. The molecule has 8 heteroatoms. The molecule has 0 spiro atoms. The van der Waals surface area contributed by atoms with Crippen molar-refractivity contribution in [1.29, 1.82) is 0 Å². The molecule has 0 unspecified atom stereocenters. The fourth-order valence-electron chi connectivity index (χ4n) is 1.64. The Morgan fingerprint density at radius 3 is 2.79 bits per heavy atom. The topological polar surface area (TPSA) is 101 Å². The molecule has 0 aliphatic rings. The Balaban J connectivity index is 2.39. The number of hydrogen-bond acceptors (Lipinski definition) is 4. The van der Waals surface area contributed by atoms with Crippen molar-refractivity contribution < 1.29 is 12.8 Å². The number of halogens is 1. The van der Waals surface area contributed by atoms with Gasteiger partial charge < -0.3 is 5.73 Å². The van der Waals surface area contributed by atoms with Gasteiger partial charge in [0.1, 0.15) is 10.7 Å². The van der Waals surface area contributed by atoms with Gasteiger partial charge in [0, 0.05) is 6.54 Å². The number of nitrogens with zero attached hydrogens (tertiary/aromatic N) is 1. The van der Waals surface area contributed by atoms with E-state index in [1.165, 1.54) is 24.4 Å². The number of aromatic nitrogens is 2. The van der Waals surface area contributed by atoms with Gasteiger partial charge in [-0.05, 0) is 30.7 Å². The van der Waals surface area contributed by atoms with Gasteiger partial charge >= 0.3 is 0 Å². The summed E-state index contributed by atoms with van der Waals surface area (Å²) in [6.45, 7) is 1.62. The number of sulfonamides is 1. The number of nitrogens with one attached hydrogen (secondary N) is 2. The Hall–Kier alpha value is -1.93. The number of aryl methyl sites for hydroxylation is 1. The number of benzene rings is 1. The lowest BCUT2D eigenvalue weighted by molar-refractivity contribution is 0.600. The smallest absolute Gasteiger partial charge is 0.265 e. The first kappa shape index (κ1) is 13.5. The first-order valence-electron chi connectivity index (χ1n) is 5.45. The fraction of sp³-hybridized carbons (Fsp3) is 0.182. The number of anilines is 1. The van der Waals surface area contributed by atoms with Crippen LogP contribution in [0.5, 0.6) is 0 Å². The van der Waals surface area contributed by atoms with Crippen molar-refractivity contribution in [3.05, 3.63) is 41.5 Å². The van der Waals surface area contributed by atoms with E-state index in [0.29, 0.717) is 11.3 Å². The third-order valence-electron chi connectivity index (χ3n) is 2.60. The summed E-state index contributed by atoms with van der Waals surface area (Å²) < 4.78 is 39.7. The molecule has 1 heterocycles. The molecule has 0 amide bonds. The van der Waals surface area contributed by atoms with Gasteiger partial charge in [0.2, 0.25) is 0 Å². The second kappa shape index (κ2) is 4.98. The highest BCUT2D eigenvalue weighted by Gasteiger charge is 2.19. The lowest BCUT2D eigenvalue weighted by atomic mass is 10.2. The molecule has 2 aromatic rings. The molecule has 6 nitrogen and oxygen atoms in total. The van der Waals surface area contributed by atoms with Crippen LogP contribution in [0.1, 0.15) is 11.3 Å². The van der Waals surface area contributed by atoms with E-state index < -0.39 is 15.8 Å². The lowest BCUT2D eigenvalue weighted by Gasteiger charge is -2.11. The van der Waals surface area contributed by atoms with Crippen LogP contribution in [-0.2, 0) is 16.6 Å². The zero-order chi connectivity index (χ0) is 14.0. The van der Waals surface area contributed by atoms with Gasteiger partial charge in [-0.3, -0.25) is 9.82 Å². The molecule has 0 aliphatic carbocycles. The van der Waals surface area contributed by atoms with E-state index in [2.05, 4.69) is 14.9 Å². The minimum absolute atomic E-state index is 0.0278. The number of rotatable bonds is 4. The lowest BCUT2D eigenvalue weighted by Crippen LogP contribution is -2.15. The minimum Gasteiger partial charge on any atom is -0.326 e. The molecule has 1 aromatic carbocycles. The van der Waals surface area contributed by atoms with Crippen molar-refractivity contribution in [3.63, 3.8) is 0 Å². The Labute approximate surface area is 109 Å². The molecule has 0 bridgehead atoms. The molecule has 0 aliphatic heterocycles. The molecule has 0 atom stereocenters. The first-order valence-corrected chi connectivity index (χ1v) is 6.93. The molecule has 4 N–H and O–H groups in total. The van der Waals surface area contributed by atoms with Crippen LogP contribution < -0.4 is 10.5 Å². The summed E-state index contributed by atoms with van der Waals surface area (Å²) >= 11 is 0. The van der Waals surface area contributed by atoms with Crippen LogP contribution >= 0.6 is 0 Å². The molecule has 2 rings (SSSR count). The van der Waals surface area contributed by atoms with E-state index in [4.69, 9.17) is 5.73 Å². The van der Waals surface area contributed by atoms with Crippen LogP contribution in [0.2, 0.25) is 0 Å². The van der Waals surface area contributed by atoms with E-state index in [1.807, 2.05) is 0 Å². The summed E-state index contributed by atoms with van der Waals surface area (Å²) in [5, 5.41) is 6.20. The standard InChI is InChI=1S/C11H13FN4O2S/c1-7-11(6-14-15-7)19(17,18)16-10-3-2-9(12)4-8(10)5-13/h2-4,6,16H,5,13H2,1H3,(H,14,15). The molecular formula is C11H13FN4O2S. The number of nitrogens with two attached hydrogens (primary N) is 1. The Bertz CT molecular complexity index is 696. The average Bonchev–Trinajstić information content (AvgIpc) is 2.78. The zero-order valence-electron chi connectivity index (χ0n) is 10.1. The number of H-pyrrole nitrogens is 1. The highest BCUT2D eigenvalue weighted by Crippen LogP contribution is 2.21. The normalized spacial score (nSPS) is 11.5. The Morgan fingerprint density at radius 1 is 1.47 bits per heavy atom. The van der Waals surface area contributed by atoms with Gasteiger partial charge in [-0.15, -0.1) is 0 Å². The van der Waals surface area contributed by atoms with Gasteiger partial charge in [0.15, 0.2) is 0 Å². The average molecular weight is 284 g/mol. The summed E-state index contributed by atoms with van der Waals surface area (Å²) in [6.07, 6.45) is 1.21. The molecule has 102 valence electrons. The largest absolute Gasteiger partial charge is 0.326 e. The summed E-state index contributed by atoms with van der Waals surface area (Å²) in [5.74, 6) is -0.470. The van der Waals surface area contributed by atoms with Crippen LogP contribution in [0.25, 0.3) is 0 Å². The molecule has 0 saturated carbocycles. The van der Waals surface area contributed by atoms with Gasteiger partial charge in [0.05, 0.1) is 17.6 Å². The van der Waals surface area contributed by atoms with Crippen LogP contribution in [0.3, 0.4) is 0 Å². The van der Waals surface area contributed by atoms with E-state index in [9.17, 15) is 12.8 Å². The molecule has 0 radical (unpaired) electrons. The second-order valence-corrected chi connectivity index (χ2v) is 5.62. The summed E-state index contributed by atoms with van der Waals surface area (Å²) in [6, 6.07) is 3.70. The first-order chi connectivity index (χ1) is 8.94. The summed E-state index contributed by atoms with van der Waals surface area (Å²) in [5.41, 5.74) is 6.52. The summed E-state index contributed by atoms with van der Waals surface area (Å²) in [4.78, 5) is 0.0415. The zero-order valence-corrected chi connectivity index (χ0v) is 11.0. The monoisotopic (exact) mass is 284 g/mol. The van der Waals surface area contributed by atoms with Crippen molar-refractivity contribution in [2.75, 3.05) is 4.72 Å². The van der Waals surface area contributed by atoms with Crippen molar-refractivity contribution in [2.24, 2.45) is 5.73 Å². The van der Waals surface area contributed by atoms with Crippen molar-refractivity contribution in [1.82, 2.24) is 10.2 Å². The molecule has 1 aromatic heterocycles. The highest BCUT2D eigenvalue weighted by atomic mass is 32.2. The van der Waals surface area contributed by atoms with E-state index in [0.717, 1.165) is 0 Å². The van der Waals surface area contributed by atoms with Gasteiger partial charge in [-0.1, -0.05) is 0 Å². The van der Waals surface area contributed by atoms with Gasteiger partial charge in [0.25, 0.3) is 10.0 Å². The Kier molecular flexibility index (Phi) is 3.54. The fourth-order valence-corrected chi connectivity index (χ4v) is 2.88. The predicted octanol–water partition coefficient (Wildman–Crippen LogP) is 1.12. The summed E-state index contributed by atoms with van der Waals surface area (Å²) in [7, 11) is -3.77. The van der Waals surface area contributed by atoms with Crippen LogP contribution in [0.15, 0.2) is 29.3 Å². The van der Waals surface area contributed by atoms with Crippen molar-refractivity contribution in [3.8, 4) is 0 Å². The maximum Gasteiger partial charge on any atom is 0.265 e. The third kappa shape index (κ3) is 2.74. The van der Waals surface area contributed by atoms with Gasteiger partial charge in [-0.25, -0.2) is 12.8 Å². The van der Waals surface area contributed by atoms with Crippen LogP contribution in [0.4, 0.5) is 10.1 Å². The number of hydrogen-bond donors (Lipinski definition) is 3. The van der Waals surface area contributed by atoms with E-state index in [-0.39, 0.29) is 17.1 Å². The SMILES string of the molecule is Cc1[nH]ncc1S(=O)(=O)Nc1ccc(F)cc1CN. The van der Waals surface area contributed by atoms with Crippen LogP contribution in [-0.4, -0.2) is 18.6 Å². The van der Waals surface area contributed by atoms with Crippen molar-refractivity contribution >= 4 is 15.7 Å². The van der Waals surface area contributed by atoms with E-state index >= 15 is 0 Å². The van der Waals surface area contributed by atoms with E-state index in [1.54, 1.807) is 6.92 Å². The molecular weight excluding hydrogens is 271 g/mol. The Morgan fingerprint density at radius 2 is 2.21 bits per heavy atom. The molecule has 19 heavy (non-hydrogen) atoms. The van der Waals surface area contributed by atoms with Crippen molar-refractivity contribution in [2.45, 2.75) is 18.4 Å². The highest BCUT2D eigenvalue weighted by molar-refractivity contribution is 7.92. The van der Waals surface area contributed by atoms with Crippen LogP contribution in [0, 0.1) is 12.7 Å². The van der Waals surface area contributed by atoms with Gasteiger partial charge in [-0.2, -0.15) is 5.10 Å². The maximum atomic E-state index is 13.1. The minimum atomic E-state index is -3.77. The second-order valence-electron chi connectivity index (χ2n) is 3.97. The molecule has 0 saturated heterocycles. The maximum absolute atomic E-state index is 13.1.